The van der Waals surface area contributed by atoms with Crippen molar-refractivity contribution in [3.05, 3.63) is 108 Å². The maximum absolute atomic E-state index is 11.8. The van der Waals surface area contributed by atoms with Gasteiger partial charge in [-0.25, -0.2) is 0 Å². The van der Waals surface area contributed by atoms with E-state index in [4.69, 9.17) is 5.11 Å². The van der Waals surface area contributed by atoms with Crippen LogP contribution in [0.2, 0.25) is 0 Å². The van der Waals surface area contributed by atoms with Gasteiger partial charge in [0.2, 0.25) is 0 Å². The van der Waals surface area contributed by atoms with Gasteiger partial charge in [-0.1, -0.05) is 91.0 Å². The number of benzene rings is 3. The largest absolute Gasteiger partial charge is 0.395 e. The van der Waals surface area contributed by atoms with Gasteiger partial charge in [0.25, 0.3) is 0 Å². The zero-order valence-corrected chi connectivity index (χ0v) is 14.7. The number of carbonyl (C=O) groups excluding carboxylic acids is 2. The Morgan fingerprint density at radius 3 is 1.46 bits per heavy atom. The fourth-order valence-corrected chi connectivity index (χ4v) is 2.50. The molecule has 0 radical (unpaired) electrons. The van der Waals surface area contributed by atoms with Crippen LogP contribution in [0.15, 0.2) is 91.0 Å². The van der Waals surface area contributed by atoms with Crippen molar-refractivity contribution < 1.29 is 14.7 Å². The molecule has 0 fully saturated rings. The standard InChI is InChI=1S/C13H10O.C10H12O2/c14-13(11-7-3-1-4-8-11)12-9-5-2-6-10-12;1-8(12)10(7-11)9-5-3-2-4-6-9/h1-10H;2-6,10-11H,7H2,1H3. The zero-order chi connectivity index (χ0) is 18.8. The Hall–Kier alpha value is -3.04. The lowest BCUT2D eigenvalue weighted by Gasteiger charge is -2.09. The second-order valence-electron chi connectivity index (χ2n) is 5.82. The summed E-state index contributed by atoms with van der Waals surface area (Å²) >= 11 is 0. The summed E-state index contributed by atoms with van der Waals surface area (Å²) in [5, 5.41) is 8.93. The van der Waals surface area contributed by atoms with E-state index in [0.717, 1.165) is 16.7 Å². The Balaban J connectivity index is 0.000000190. The number of Topliss-reactive ketones (excluding diaryl/α,β-unsaturated/α-hetero) is 1. The van der Waals surface area contributed by atoms with Gasteiger partial charge in [0.15, 0.2) is 5.78 Å². The third-order valence-electron chi connectivity index (χ3n) is 3.95. The molecule has 0 aliphatic heterocycles. The molecule has 3 aromatic carbocycles. The summed E-state index contributed by atoms with van der Waals surface area (Å²) in [6.07, 6.45) is 0. The molecule has 0 aliphatic rings. The second kappa shape index (κ2) is 10.1. The quantitative estimate of drug-likeness (QED) is 0.702. The molecule has 0 aliphatic carbocycles. The molecule has 1 atom stereocenters. The number of hydrogen-bond acceptors (Lipinski definition) is 3. The molecule has 26 heavy (non-hydrogen) atoms. The fraction of sp³-hybridized carbons (Fsp3) is 0.130. The lowest BCUT2D eigenvalue weighted by molar-refractivity contribution is -0.119. The summed E-state index contributed by atoms with van der Waals surface area (Å²) in [6, 6.07) is 27.9. The Labute approximate surface area is 153 Å². The number of aliphatic hydroxyl groups excluding tert-OH is 1. The highest BCUT2D eigenvalue weighted by Gasteiger charge is 2.14. The van der Waals surface area contributed by atoms with Crippen molar-refractivity contribution in [1.29, 1.82) is 0 Å². The number of aliphatic hydroxyl groups is 1. The van der Waals surface area contributed by atoms with Gasteiger partial charge < -0.3 is 5.11 Å². The molecule has 0 amide bonds. The molecule has 3 heteroatoms. The van der Waals surface area contributed by atoms with Crippen LogP contribution in [0.1, 0.15) is 34.3 Å². The van der Waals surface area contributed by atoms with E-state index < -0.39 is 0 Å². The summed E-state index contributed by atoms with van der Waals surface area (Å²) in [5.74, 6) is -0.277. The molecule has 1 unspecified atom stereocenters. The molecule has 132 valence electrons. The minimum Gasteiger partial charge on any atom is -0.395 e. The smallest absolute Gasteiger partial charge is 0.193 e. The molecule has 3 rings (SSSR count). The van der Waals surface area contributed by atoms with Crippen LogP contribution >= 0.6 is 0 Å². The van der Waals surface area contributed by atoms with E-state index in [1.807, 2.05) is 91.0 Å². The molecule has 3 aromatic rings. The molecular weight excluding hydrogens is 324 g/mol. The van der Waals surface area contributed by atoms with E-state index in [2.05, 4.69) is 0 Å². The van der Waals surface area contributed by atoms with Crippen LogP contribution in [0, 0.1) is 0 Å². The molecule has 0 bridgehead atoms. The third kappa shape index (κ3) is 5.50. The monoisotopic (exact) mass is 346 g/mol. The molecule has 0 aromatic heterocycles. The molecule has 0 saturated carbocycles. The van der Waals surface area contributed by atoms with Crippen LogP contribution in [0.5, 0.6) is 0 Å². The van der Waals surface area contributed by atoms with Crippen LogP contribution in [-0.2, 0) is 4.79 Å². The molecule has 0 heterocycles. The van der Waals surface area contributed by atoms with Gasteiger partial charge in [-0.3, -0.25) is 9.59 Å². The van der Waals surface area contributed by atoms with Crippen molar-refractivity contribution in [1.82, 2.24) is 0 Å². The Kier molecular flexibility index (Phi) is 7.47. The van der Waals surface area contributed by atoms with Crippen LogP contribution in [-0.4, -0.2) is 23.3 Å². The molecular formula is C23H22O3. The highest BCUT2D eigenvalue weighted by atomic mass is 16.3. The second-order valence-corrected chi connectivity index (χ2v) is 5.82. The fourth-order valence-electron chi connectivity index (χ4n) is 2.50. The van der Waals surface area contributed by atoms with Gasteiger partial charge in [-0.15, -0.1) is 0 Å². The third-order valence-corrected chi connectivity index (χ3v) is 3.95. The first-order valence-corrected chi connectivity index (χ1v) is 8.44. The van der Waals surface area contributed by atoms with Gasteiger partial charge in [-0.05, 0) is 12.5 Å². The maximum Gasteiger partial charge on any atom is 0.193 e. The van der Waals surface area contributed by atoms with E-state index in [0.29, 0.717) is 0 Å². The molecule has 0 spiro atoms. The summed E-state index contributed by atoms with van der Waals surface area (Å²) in [4.78, 5) is 22.9. The number of rotatable bonds is 5. The summed E-state index contributed by atoms with van der Waals surface area (Å²) < 4.78 is 0. The molecule has 3 nitrogen and oxygen atoms in total. The van der Waals surface area contributed by atoms with Crippen LogP contribution in [0.3, 0.4) is 0 Å². The van der Waals surface area contributed by atoms with Crippen molar-refractivity contribution in [3.8, 4) is 0 Å². The molecule has 1 N–H and O–H groups in total. The topological polar surface area (TPSA) is 54.4 Å². The average Bonchev–Trinajstić information content (AvgIpc) is 2.70. The number of carbonyl (C=O) groups is 2. The van der Waals surface area contributed by atoms with Crippen molar-refractivity contribution in [2.75, 3.05) is 6.61 Å². The minimum atomic E-state index is -0.355. The first-order chi connectivity index (χ1) is 12.6. The van der Waals surface area contributed by atoms with Gasteiger partial charge in [-0.2, -0.15) is 0 Å². The van der Waals surface area contributed by atoms with Gasteiger partial charge in [0.05, 0.1) is 12.5 Å². The highest BCUT2D eigenvalue weighted by Crippen LogP contribution is 2.15. The van der Waals surface area contributed by atoms with E-state index >= 15 is 0 Å². The lowest BCUT2D eigenvalue weighted by Crippen LogP contribution is -2.12. The van der Waals surface area contributed by atoms with Crippen LogP contribution < -0.4 is 0 Å². The SMILES string of the molecule is CC(=O)C(CO)c1ccccc1.O=C(c1ccccc1)c1ccccc1. The van der Waals surface area contributed by atoms with E-state index in [1.54, 1.807) is 0 Å². The average molecular weight is 346 g/mol. The van der Waals surface area contributed by atoms with E-state index in [-0.39, 0.29) is 24.1 Å². The number of ketones is 2. The van der Waals surface area contributed by atoms with Crippen molar-refractivity contribution in [3.63, 3.8) is 0 Å². The zero-order valence-electron chi connectivity index (χ0n) is 14.7. The normalized spacial score (nSPS) is 11.0. The van der Waals surface area contributed by atoms with Crippen LogP contribution in [0.25, 0.3) is 0 Å². The summed E-state index contributed by atoms with van der Waals surface area (Å²) in [5.41, 5.74) is 2.35. The number of hydrogen-bond donors (Lipinski definition) is 1. The lowest BCUT2D eigenvalue weighted by atomic mass is 9.97. The van der Waals surface area contributed by atoms with E-state index in [9.17, 15) is 9.59 Å². The minimum absolute atomic E-state index is 0.00343. The van der Waals surface area contributed by atoms with E-state index in [1.165, 1.54) is 6.92 Å². The highest BCUT2D eigenvalue weighted by molar-refractivity contribution is 6.08. The Morgan fingerprint density at radius 2 is 1.12 bits per heavy atom. The van der Waals surface area contributed by atoms with Crippen molar-refractivity contribution >= 4 is 11.6 Å². The Bertz CT molecular complexity index is 770. The van der Waals surface area contributed by atoms with Gasteiger partial charge in [0.1, 0.15) is 5.78 Å². The van der Waals surface area contributed by atoms with Gasteiger partial charge >= 0.3 is 0 Å². The van der Waals surface area contributed by atoms with Crippen molar-refractivity contribution in [2.24, 2.45) is 0 Å². The van der Waals surface area contributed by atoms with Crippen molar-refractivity contribution in [2.45, 2.75) is 12.8 Å². The summed E-state index contributed by atoms with van der Waals surface area (Å²) in [7, 11) is 0. The predicted molar refractivity (Wildman–Crippen MR) is 103 cm³/mol. The van der Waals surface area contributed by atoms with Crippen LogP contribution in [0.4, 0.5) is 0 Å². The molecule has 0 saturated heterocycles. The first-order valence-electron chi connectivity index (χ1n) is 8.44. The van der Waals surface area contributed by atoms with Gasteiger partial charge in [0, 0.05) is 11.1 Å². The first kappa shape index (κ1) is 19.3. The Morgan fingerprint density at radius 1 is 0.731 bits per heavy atom. The maximum atomic E-state index is 11.8. The predicted octanol–water partition coefficient (Wildman–Crippen LogP) is 4.27. The summed E-state index contributed by atoms with van der Waals surface area (Å²) in [6.45, 7) is 1.38.